The van der Waals surface area contributed by atoms with E-state index in [1.165, 1.54) is 51.4 Å². The molecule has 0 aromatic carbocycles. The largest absolute Gasteiger partial charge is 0.355 e. The maximum Gasteiger partial charge on any atom is 0.220 e. The highest BCUT2D eigenvalue weighted by molar-refractivity contribution is 5.75. The summed E-state index contributed by atoms with van der Waals surface area (Å²) in [7, 11) is 0. The molecule has 26 heavy (non-hydrogen) atoms. The van der Waals surface area contributed by atoms with Crippen LogP contribution in [0, 0.1) is 11.8 Å². The van der Waals surface area contributed by atoms with Crippen LogP contribution < -0.4 is 10.6 Å². The van der Waals surface area contributed by atoms with Gasteiger partial charge in [0.15, 0.2) is 0 Å². The molecule has 152 valence electrons. The van der Waals surface area contributed by atoms with E-state index in [0.29, 0.717) is 19.0 Å². The number of carbonyl (C=O) groups excluding carboxylic acids is 1. The minimum Gasteiger partial charge on any atom is -0.355 e. The molecule has 0 rings (SSSR count). The van der Waals surface area contributed by atoms with Crippen LogP contribution in [-0.2, 0) is 4.79 Å². The molecule has 1 amide bonds. The molecule has 0 aliphatic heterocycles. The minimum absolute atomic E-state index is 0.170. The normalized spacial score (nSPS) is 10.6. The van der Waals surface area contributed by atoms with E-state index in [9.17, 15) is 4.79 Å². The third-order valence-corrected chi connectivity index (χ3v) is 4.70. The molecule has 0 aliphatic rings. The average Bonchev–Trinajstić information content (AvgIpc) is 2.64. The van der Waals surface area contributed by atoms with Gasteiger partial charge >= 0.3 is 0 Å². The first-order chi connectivity index (χ1) is 12.7. The van der Waals surface area contributed by atoms with E-state index in [0.717, 1.165) is 38.6 Å². The summed E-state index contributed by atoms with van der Waals surface area (Å²) in [6.45, 7) is 8.35. The van der Waals surface area contributed by atoms with Gasteiger partial charge in [0, 0.05) is 38.4 Å². The molecule has 3 nitrogen and oxygen atoms in total. The maximum atomic E-state index is 11.6. The van der Waals surface area contributed by atoms with Gasteiger partial charge in [-0.3, -0.25) is 4.79 Å². The lowest BCUT2D eigenvalue weighted by Gasteiger charge is -2.18. The molecule has 0 aromatic heterocycles. The number of hydrogen-bond donors (Lipinski definition) is 2. The molecule has 0 spiro atoms. The average molecular weight is 365 g/mol. The first kappa shape index (κ1) is 25.0. The number of unbranched alkanes of at least 4 members (excludes halogenated alkanes) is 6. The molecule has 3 heteroatoms. The number of rotatable bonds is 17. The van der Waals surface area contributed by atoms with Crippen molar-refractivity contribution >= 4 is 5.91 Å². The van der Waals surface area contributed by atoms with Crippen LogP contribution in [-0.4, -0.2) is 25.0 Å². The van der Waals surface area contributed by atoms with Crippen molar-refractivity contribution in [1.29, 1.82) is 0 Å². The van der Waals surface area contributed by atoms with E-state index >= 15 is 0 Å². The molecular formula is C23H44N2O. The molecule has 2 N–H and O–H groups in total. The van der Waals surface area contributed by atoms with Gasteiger partial charge in [-0.05, 0) is 19.3 Å². The number of amides is 1. The van der Waals surface area contributed by atoms with E-state index in [2.05, 4.69) is 43.2 Å². The van der Waals surface area contributed by atoms with Gasteiger partial charge in [0.1, 0.15) is 0 Å². The van der Waals surface area contributed by atoms with Crippen LogP contribution in [0.3, 0.4) is 0 Å². The Morgan fingerprint density at radius 3 is 1.88 bits per heavy atom. The Morgan fingerprint density at radius 1 is 0.769 bits per heavy atom. The van der Waals surface area contributed by atoms with Gasteiger partial charge in [0.2, 0.25) is 5.91 Å². The molecule has 0 aromatic rings. The van der Waals surface area contributed by atoms with Crippen LogP contribution in [0.5, 0.6) is 0 Å². The minimum atomic E-state index is 0.170. The Labute approximate surface area is 163 Å². The molecular weight excluding hydrogens is 320 g/mol. The van der Waals surface area contributed by atoms with Gasteiger partial charge < -0.3 is 10.6 Å². The van der Waals surface area contributed by atoms with Crippen LogP contribution in [0.15, 0.2) is 0 Å². The fraction of sp³-hybridized carbons (Fsp3) is 0.870. The van der Waals surface area contributed by atoms with E-state index < -0.39 is 0 Å². The second-order valence-corrected chi connectivity index (χ2v) is 7.30. The van der Waals surface area contributed by atoms with Crippen molar-refractivity contribution in [2.75, 3.05) is 13.1 Å². The zero-order valence-electron chi connectivity index (χ0n) is 17.8. The third-order valence-electron chi connectivity index (χ3n) is 4.70. The van der Waals surface area contributed by atoms with Crippen LogP contribution in [0.1, 0.15) is 111 Å². The summed E-state index contributed by atoms with van der Waals surface area (Å²) in [6, 6.07) is 0.664. The van der Waals surface area contributed by atoms with E-state index in [-0.39, 0.29) is 5.91 Å². The predicted octanol–water partition coefficient (Wildman–Crippen LogP) is 5.59. The lowest BCUT2D eigenvalue weighted by molar-refractivity contribution is -0.121. The van der Waals surface area contributed by atoms with Crippen molar-refractivity contribution in [3.63, 3.8) is 0 Å². The molecule has 0 aliphatic carbocycles. The lowest BCUT2D eigenvalue weighted by Crippen LogP contribution is -2.29. The zero-order chi connectivity index (χ0) is 19.3. The van der Waals surface area contributed by atoms with Gasteiger partial charge in [-0.25, -0.2) is 0 Å². The van der Waals surface area contributed by atoms with Gasteiger partial charge in [0.05, 0.1) is 0 Å². The monoisotopic (exact) mass is 364 g/mol. The molecule has 0 saturated carbocycles. The SMILES string of the molecule is CCCCCC(=O)NCCC#CCCNC(CCCCC)CCCCC. The maximum absolute atomic E-state index is 11.6. The fourth-order valence-electron chi connectivity index (χ4n) is 3.03. The highest BCUT2D eigenvalue weighted by Crippen LogP contribution is 2.11. The number of carbonyl (C=O) groups is 1. The van der Waals surface area contributed by atoms with Crippen molar-refractivity contribution in [3.8, 4) is 11.8 Å². The smallest absolute Gasteiger partial charge is 0.220 e. The first-order valence-electron chi connectivity index (χ1n) is 11.2. The van der Waals surface area contributed by atoms with Crippen molar-refractivity contribution in [3.05, 3.63) is 0 Å². The van der Waals surface area contributed by atoms with Gasteiger partial charge in [0.25, 0.3) is 0 Å². The van der Waals surface area contributed by atoms with E-state index in [1.54, 1.807) is 0 Å². The zero-order valence-corrected chi connectivity index (χ0v) is 17.8. The highest BCUT2D eigenvalue weighted by Gasteiger charge is 2.06. The molecule has 0 bridgehead atoms. The Balaban J connectivity index is 3.74. The molecule has 0 atom stereocenters. The standard InChI is InChI=1S/C23H44N2O/c1-4-7-12-17-22(18-13-8-5-2)24-20-15-10-11-16-21-25-23(26)19-14-9-6-3/h22,24H,4-9,12-21H2,1-3H3,(H,25,26). The predicted molar refractivity (Wildman–Crippen MR) is 114 cm³/mol. The third kappa shape index (κ3) is 17.8. The van der Waals surface area contributed by atoms with E-state index in [1.807, 2.05) is 0 Å². The highest BCUT2D eigenvalue weighted by atomic mass is 16.1. The Hall–Kier alpha value is -1.01. The van der Waals surface area contributed by atoms with Crippen molar-refractivity contribution in [2.45, 2.75) is 117 Å². The van der Waals surface area contributed by atoms with Crippen molar-refractivity contribution < 1.29 is 4.79 Å². The topological polar surface area (TPSA) is 41.1 Å². The summed E-state index contributed by atoms with van der Waals surface area (Å²) in [5.41, 5.74) is 0. The van der Waals surface area contributed by atoms with Crippen molar-refractivity contribution in [2.24, 2.45) is 0 Å². The Morgan fingerprint density at radius 2 is 1.31 bits per heavy atom. The Bertz CT molecular complexity index is 360. The quantitative estimate of drug-likeness (QED) is 0.261. The summed E-state index contributed by atoms with van der Waals surface area (Å²) in [4.78, 5) is 11.6. The van der Waals surface area contributed by atoms with Crippen LogP contribution in [0.25, 0.3) is 0 Å². The van der Waals surface area contributed by atoms with E-state index in [4.69, 9.17) is 0 Å². The van der Waals surface area contributed by atoms with Gasteiger partial charge in [-0.15, -0.1) is 11.8 Å². The number of nitrogens with one attached hydrogen (secondary N) is 2. The summed E-state index contributed by atoms with van der Waals surface area (Å²) in [5.74, 6) is 6.59. The van der Waals surface area contributed by atoms with Gasteiger partial charge in [-0.1, -0.05) is 72.1 Å². The summed E-state index contributed by atoms with van der Waals surface area (Å²) in [5, 5.41) is 6.65. The fourth-order valence-corrected chi connectivity index (χ4v) is 3.03. The Kier molecular flexibility index (Phi) is 19.5. The second kappa shape index (κ2) is 20.3. The summed E-state index contributed by atoms with van der Waals surface area (Å²) >= 11 is 0. The van der Waals surface area contributed by atoms with Crippen molar-refractivity contribution in [1.82, 2.24) is 10.6 Å². The second-order valence-electron chi connectivity index (χ2n) is 7.30. The molecule has 0 unspecified atom stereocenters. The molecule has 0 fully saturated rings. The molecule has 0 radical (unpaired) electrons. The number of hydrogen-bond acceptors (Lipinski definition) is 2. The first-order valence-corrected chi connectivity index (χ1v) is 11.2. The molecule has 0 saturated heterocycles. The summed E-state index contributed by atoms with van der Waals surface area (Å²) in [6.07, 6.45) is 16.2. The lowest BCUT2D eigenvalue weighted by atomic mass is 10.0. The van der Waals surface area contributed by atoms with Crippen LogP contribution in [0.4, 0.5) is 0 Å². The van der Waals surface area contributed by atoms with Crippen LogP contribution in [0.2, 0.25) is 0 Å². The summed E-state index contributed by atoms with van der Waals surface area (Å²) < 4.78 is 0. The van der Waals surface area contributed by atoms with Crippen LogP contribution >= 0.6 is 0 Å². The molecule has 0 heterocycles. The van der Waals surface area contributed by atoms with Gasteiger partial charge in [-0.2, -0.15) is 0 Å².